The van der Waals surface area contributed by atoms with Crippen molar-refractivity contribution in [2.45, 2.75) is 38.1 Å². The molecule has 6 nitrogen and oxygen atoms in total. The van der Waals surface area contributed by atoms with Gasteiger partial charge in [0, 0.05) is 35.9 Å². The number of ether oxygens (including phenoxy) is 1. The molecule has 4 aromatic rings. The molecule has 8 heteroatoms. The van der Waals surface area contributed by atoms with Gasteiger partial charge in [0.1, 0.15) is 17.4 Å². The summed E-state index contributed by atoms with van der Waals surface area (Å²) >= 11 is 5.89. The molecule has 0 saturated heterocycles. The summed E-state index contributed by atoms with van der Waals surface area (Å²) in [5.74, 6) is 1.19. The van der Waals surface area contributed by atoms with E-state index >= 15 is 0 Å². The number of amidine groups is 1. The first-order valence-corrected chi connectivity index (χ1v) is 15.0. The Morgan fingerprint density at radius 1 is 0.953 bits per heavy atom. The highest BCUT2D eigenvalue weighted by molar-refractivity contribution is 6.30. The van der Waals surface area contributed by atoms with Crippen molar-refractivity contribution >= 4 is 34.7 Å². The van der Waals surface area contributed by atoms with Crippen molar-refractivity contribution in [1.29, 1.82) is 5.41 Å². The molecule has 1 atom stereocenters. The molecule has 1 amide bonds. The van der Waals surface area contributed by atoms with Gasteiger partial charge in [-0.3, -0.25) is 10.2 Å². The van der Waals surface area contributed by atoms with Gasteiger partial charge in [-0.1, -0.05) is 54.1 Å². The monoisotopic (exact) mass is 598 g/mol. The molecule has 0 fully saturated rings. The van der Waals surface area contributed by atoms with Crippen LogP contribution in [0, 0.1) is 11.2 Å². The predicted molar refractivity (Wildman–Crippen MR) is 172 cm³/mol. The number of anilines is 2. The Balaban J connectivity index is 1.08. The van der Waals surface area contributed by atoms with E-state index in [9.17, 15) is 9.18 Å². The van der Waals surface area contributed by atoms with Crippen molar-refractivity contribution in [3.63, 3.8) is 0 Å². The maximum atomic E-state index is 13.1. The maximum absolute atomic E-state index is 13.1. The maximum Gasteiger partial charge on any atom is 0.238 e. The van der Waals surface area contributed by atoms with Crippen LogP contribution in [0.2, 0.25) is 5.02 Å². The van der Waals surface area contributed by atoms with Gasteiger partial charge in [0.25, 0.3) is 0 Å². The molecule has 0 saturated carbocycles. The molecule has 0 aliphatic carbocycles. The highest BCUT2D eigenvalue weighted by Crippen LogP contribution is 2.38. The van der Waals surface area contributed by atoms with Gasteiger partial charge in [-0.2, -0.15) is 0 Å². The molecule has 5 rings (SSSR count). The Morgan fingerprint density at radius 2 is 1.67 bits per heavy atom. The number of benzene rings is 4. The summed E-state index contributed by atoms with van der Waals surface area (Å²) in [6.45, 7) is 2.02. The van der Waals surface area contributed by atoms with Gasteiger partial charge in [-0.05, 0) is 96.5 Å². The van der Waals surface area contributed by atoms with Gasteiger partial charge >= 0.3 is 0 Å². The third-order valence-corrected chi connectivity index (χ3v) is 7.84. The SMILES string of the molecule is N=C1CC(CCc2ccc(CNCC(=O)Nc3ccc(Cl)cc3)cc2)c2ccccc2N1CCCOc1ccc(F)cc1. The molecule has 43 heavy (non-hydrogen) atoms. The van der Waals surface area contributed by atoms with E-state index in [1.807, 2.05) is 6.07 Å². The molecule has 0 spiro atoms. The van der Waals surface area contributed by atoms with Crippen LogP contribution in [-0.4, -0.2) is 31.4 Å². The predicted octanol–water partition coefficient (Wildman–Crippen LogP) is 7.58. The molecule has 0 aromatic heterocycles. The molecule has 3 N–H and O–H groups in total. The number of fused-ring (bicyclic) bond motifs is 1. The summed E-state index contributed by atoms with van der Waals surface area (Å²) < 4.78 is 18.9. The van der Waals surface area contributed by atoms with E-state index in [1.165, 1.54) is 23.3 Å². The van der Waals surface area contributed by atoms with Crippen LogP contribution in [0.25, 0.3) is 0 Å². The summed E-state index contributed by atoms with van der Waals surface area (Å²) in [5.41, 5.74) is 5.49. The Morgan fingerprint density at radius 3 is 2.44 bits per heavy atom. The van der Waals surface area contributed by atoms with Crippen LogP contribution in [-0.2, 0) is 17.8 Å². The average Bonchev–Trinajstić information content (AvgIpc) is 3.02. The van der Waals surface area contributed by atoms with Gasteiger partial charge in [-0.25, -0.2) is 4.39 Å². The molecule has 222 valence electrons. The number of hydrogen-bond acceptors (Lipinski definition) is 4. The third-order valence-electron chi connectivity index (χ3n) is 7.59. The average molecular weight is 599 g/mol. The molecule has 1 aliphatic rings. The standard InChI is InChI=1S/C35H36ClFN4O2/c36-28-12-16-30(17-13-28)40-35(42)24-39-23-26-8-6-25(7-9-26)10-11-27-22-34(38)41(33-5-2-1-4-32(27)33)20-3-21-43-31-18-14-29(37)15-19-31/h1-2,4-9,12-19,27,38-39H,3,10-11,20-24H2,(H,40,42). The highest BCUT2D eigenvalue weighted by Gasteiger charge is 2.28. The van der Waals surface area contributed by atoms with Crippen LogP contribution in [0.1, 0.15) is 41.9 Å². The number of halogens is 2. The van der Waals surface area contributed by atoms with Crippen molar-refractivity contribution in [3.05, 3.63) is 125 Å². The minimum atomic E-state index is -0.279. The van der Waals surface area contributed by atoms with Crippen LogP contribution < -0.4 is 20.3 Å². The van der Waals surface area contributed by atoms with Gasteiger partial charge < -0.3 is 20.3 Å². The van der Waals surface area contributed by atoms with E-state index < -0.39 is 0 Å². The number of rotatable bonds is 13. The van der Waals surface area contributed by atoms with Crippen molar-refractivity contribution in [2.75, 3.05) is 29.9 Å². The number of nitrogens with one attached hydrogen (secondary N) is 3. The fourth-order valence-electron chi connectivity index (χ4n) is 5.36. The van der Waals surface area contributed by atoms with E-state index in [-0.39, 0.29) is 24.2 Å². The van der Waals surface area contributed by atoms with Crippen LogP contribution in [0.3, 0.4) is 0 Å². The molecule has 1 heterocycles. The molecule has 1 aliphatic heterocycles. The molecule has 0 radical (unpaired) electrons. The third kappa shape index (κ3) is 8.66. The second kappa shape index (κ2) is 14.8. The molecule has 4 aromatic carbocycles. The van der Waals surface area contributed by atoms with Crippen molar-refractivity contribution < 1.29 is 13.9 Å². The van der Waals surface area contributed by atoms with Gasteiger partial charge in [-0.15, -0.1) is 0 Å². The lowest BCUT2D eigenvalue weighted by Gasteiger charge is -2.36. The van der Waals surface area contributed by atoms with E-state index in [2.05, 4.69) is 58.0 Å². The fraction of sp³-hybridized carbons (Fsp3) is 0.257. The van der Waals surface area contributed by atoms with Crippen molar-refractivity contribution in [2.24, 2.45) is 0 Å². The number of amides is 1. The van der Waals surface area contributed by atoms with Crippen LogP contribution in [0.4, 0.5) is 15.8 Å². The number of carbonyl (C=O) groups excluding carboxylic acids is 1. The lowest BCUT2D eigenvalue weighted by atomic mass is 9.84. The molecule has 0 bridgehead atoms. The summed E-state index contributed by atoms with van der Waals surface area (Å²) in [6, 6.07) is 30.0. The molecular formula is C35H36ClFN4O2. The first kappa shape index (κ1) is 30.3. The van der Waals surface area contributed by atoms with Gasteiger partial charge in [0.05, 0.1) is 13.2 Å². The number of para-hydroxylation sites is 1. The largest absolute Gasteiger partial charge is 0.494 e. The topological polar surface area (TPSA) is 77.5 Å². The quantitative estimate of drug-likeness (QED) is 0.139. The van der Waals surface area contributed by atoms with E-state index in [4.69, 9.17) is 21.7 Å². The summed E-state index contributed by atoms with van der Waals surface area (Å²) in [6.07, 6.45) is 3.35. The Labute approximate surface area is 257 Å². The Kier molecular flexibility index (Phi) is 10.4. The van der Waals surface area contributed by atoms with Crippen molar-refractivity contribution in [1.82, 2.24) is 5.32 Å². The second-order valence-electron chi connectivity index (χ2n) is 10.7. The Bertz CT molecular complexity index is 1510. The van der Waals surface area contributed by atoms with E-state index in [0.29, 0.717) is 42.7 Å². The first-order chi connectivity index (χ1) is 20.9. The number of aryl methyl sites for hydroxylation is 1. The fourth-order valence-corrected chi connectivity index (χ4v) is 5.48. The lowest BCUT2D eigenvalue weighted by Crippen LogP contribution is -2.37. The van der Waals surface area contributed by atoms with Crippen LogP contribution in [0.5, 0.6) is 5.75 Å². The van der Waals surface area contributed by atoms with Crippen LogP contribution in [0.15, 0.2) is 97.1 Å². The zero-order chi connectivity index (χ0) is 30.0. The second-order valence-corrected chi connectivity index (χ2v) is 11.2. The highest BCUT2D eigenvalue weighted by atomic mass is 35.5. The summed E-state index contributed by atoms with van der Waals surface area (Å²) in [7, 11) is 0. The first-order valence-electron chi connectivity index (χ1n) is 14.6. The van der Waals surface area contributed by atoms with E-state index in [0.717, 1.165) is 36.2 Å². The zero-order valence-electron chi connectivity index (χ0n) is 24.0. The summed E-state index contributed by atoms with van der Waals surface area (Å²) in [5, 5.41) is 15.5. The molecular weight excluding hydrogens is 563 g/mol. The Hall–Kier alpha value is -4.20. The zero-order valence-corrected chi connectivity index (χ0v) is 24.7. The van der Waals surface area contributed by atoms with E-state index in [1.54, 1.807) is 36.4 Å². The van der Waals surface area contributed by atoms with Gasteiger partial charge in [0.15, 0.2) is 0 Å². The number of hydrogen-bond donors (Lipinski definition) is 3. The molecule has 1 unspecified atom stereocenters. The summed E-state index contributed by atoms with van der Waals surface area (Å²) in [4.78, 5) is 14.3. The normalized spacial score (nSPS) is 14.3. The minimum absolute atomic E-state index is 0.103. The number of nitrogens with zero attached hydrogens (tertiary/aromatic N) is 1. The number of carbonyl (C=O) groups is 1. The lowest BCUT2D eigenvalue weighted by molar-refractivity contribution is -0.115. The minimum Gasteiger partial charge on any atom is -0.494 e. The smallest absolute Gasteiger partial charge is 0.238 e. The van der Waals surface area contributed by atoms with Gasteiger partial charge in [0.2, 0.25) is 5.91 Å². The van der Waals surface area contributed by atoms with Crippen LogP contribution >= 0.6 is 11.6 Å². The van der Waals surface area contributed by atoms with Crippen molar-refractivity contribution in [3.8, 4) is 5.75 Å².